The number of hydrogen-bond acceptors (Lipinski definition) is 7. The largest absolute Gasteiger partial charge is 0.419 e. The fourth-order valence-corrected chi connectivity index (χ4v) is 5.48. The van der Waals surface area contributed by atoms with E-state index in [4.69, 9.17) is 9.84 Å². The van der Waals surface area contributed by atoms with Gasteiger partial charge in [-0.1, -0.05) is 0 Å². The number of pyridine rings is 1. The van der Waals surface area contributed by atoms with E-state index in [1.54, 1.807) is 0 Å². The van der Waals surface area contributed by atoms with Crippen molar-refractivity contribution >= 4 is 23.1 Å². The molecule has 2 aromatic heterocycles. The lowest BCUT2D eigenvalue weighted by molar-refractivity contribution is -0.139. The molecule has 2 atom stereocenters. The number of carbonyl (C=O) groups excluding carboxylic acids is 1. The van der Waals surface area contributed by atoms with Gasteiger partial charge in [-0.3, -0.25) is 9.48 Å². The van der Waals surface area contributed by atoms with Crippen molar-refractivity contribution in [3.8, 4) is 0 Å². The van der Waals surface area contributed by atoms with Crippen LogP contribution in [0.25, 0.3) is 0 Å². The van der Waals surface area contributed by atoms with Crippen molar-refractivity contribution < 1.29 is 22.7 Å². The summed E-state index contributed by atoms with van der Waals surface area (Å²) in [5, 5.41) is 13.5. The number of ether oxygens (including phenoxy) is 1. The molecule has 0 saturated carbocycles. The van der Waals surface area contributed by atoms with Gasteiger partial charge in [0.2, 0.25) is 5.91 Å². The molecular formula is C25H34F3N7O2. The Morgan fingerprint density at radius 3 is 2.51 bits per heavy atom. The summed E-state index contributed by atoms with van der Waals surface area (Å²) in [5.41, 5.74) is 0.617. The second-order valence-corrected chi connectivity index (χ2v) is 10.3. The third-order valence-corrected chi connectivity index (χ3v) is 7.81. The number of aryl methyl sites for hydroxylation is 1. The molecule has 5 heterocycles. The summed E-state index contributed by atoms with van der Waals surface area (Å²) in [7, 11) is 2.20. The number of fused-ring (bicyclic) bond motifs is 2. The summed E-state index contributed by atoms with van der Waals surface area (Å²) in [5.74, 6) is 0.0994. The monoisotopic (exact) mass is 521 g/mol. The van der Waals surface area contributed by atoms with Crippen molar-refractivity contribution in [2.24, 2.45) is 5.92 Å². The van der Waals surface area contributed by atoms with Gasteiger partial charge in [-0.15, -0.1) is 0 Å². The van der Waals surface area contributed by atoms with E-state index in [9.17, 15) is 18.0 Å². The summed E-state index contributed by atoms with van der Waals surface area (Å²) in [4.78, 5) is 18.4. The molecule has 202 valence electrons. The second kappa shape index (κ2) is 10.5. The number of alkyl halides is 3. The van der Waals surface area contributed by atoms with Crippen LogP contribution in [0.5, 0.6) is 0 Å². The standard InChI is InChI=1S/C25H34F3N7O2/c1-15-22(12-35(33-15)19-8-17-4-5-18(9-19)34(17)2)32-23-10-21(20(11-31-23)25(26,27)28)29-6-3-7-30-24(36)16-13-37-14-16/h10-12,16-19H,3-9,13-14H2,1-2H3,(H,30,36)(H2,29,31,32). The van der Waals surface area contributed by atoms with Crippen LogP contribution in [-0.4, -0.2) is 71.0 Å². The fraction of sp³-hybridized carbons (Fsp3) is 0.640. The Morgan fingerprint density at radius 2 is 1.86 bits per heavy atom. The van der Waals surface area contributed by atoms with E-state index in [0.29, 0.717) is 50.1 Å². The number of halogens is 3. The minimum Gasteiger partial charge on any atom is -0.384 e. The van der Waals surface area contributed by atoms with Gasteiger partial charge in [0.25, 0.3) is 0 Å². The van der Waals surface area contributed by atoms with Crippen molar-refractivity contribution in [2.75, 3.05) is 44.0 Å². The lowest BCUT2D eigenvalue weighted by Crippen LogP contribution is -2.42. The maximum atomic E-state index is 13.6. The highest BCUT2D eigenvalue weighted by Crippen LogP contribution is 2.40. The number of amides is 1. The zero-order chi connectivity index (χ0) is 26.2. The van der Waals surface area contributed by atoms with Gasteiger partial charge >= 0.3 is 6.18 Å². The normalized spacial score (nSPS) is 24.1. The van der Waals surface area contributed by atoms with Crippen LogP contribution >= 0.6 is 0 Å². The van der Waals surface area contributed by atoms with E-state index in [0.717, 1.165) is 30.4 Å². The summed E-state index contributed by atoms with van der Waals surface area (Å²) in [6.07, 6.45) is 3.26. The minimum absolute atomic E-state index is 0.0549. The van der Waals surface area contributed by atoms with Crippen LogP contribution in [0.15, 0.2) is 18.5 Å². The minimum atomic E-state index is -4.54. The van der Waals surface area contributed by atoms with Gasteiger partial charge in [-0.25, -0.2) is 4.98 Å². The van der Waals surface area contributed by atoms with Crippen molar-refractivity contribution in [1.82, 2.24) is 25.0 Å². The molecule has 3 aliphatic heterocycles. The molecule has 2 unspecified atom stereocenters. The topological polar surface area (TPSA) is 96.3 Å². The van der Waals surface area contributed by atoms with Crippen molar-refractivity contribution in [1.29, 1.82) is 0 Å². The van der Waals surface area contributed by atoms with Crippen LogP contribution in [0.4, 0.5) is 30.4 Å². The number of anilines is 3. The Balaban J connectivity index is 1.22. The van der Waals surface area contributed by atoms with Gasteiger partial charge in [0.15, 0.2) is 0 Å². The molecule has 2 aromatic rings. The van der Waals surface area contributed by atoms with E-state index in [1.165, 1.54) is 18.9 Å². The lowest BCUT2D eigenvalue weighted by atomic mass is 9.98. The molecular weight excluding hydrogens is 487 g/mol. The maximum absolute atomic E-state index is 13.6. The fourth-order valence-electron chi connectivity index (χ4n) is 5.48. The van der Waals surface area contributed by atoms with Crippen LogP contribution in [-0.2, 0) is 15.7 Å². The van der Waals surface area contributed by atoms with Gasteiger partial charge in [-0.2, -0.15) is 18.3 Å². The molecule has 1 amide bonds. The van der Waals surface area contributed by atoms with E-state index < -0.39 is 11.7 Å². The molecule has 12 heteroatoms. The first-order valence-electron chi connectivity index (χ1n) is 12.9. The van der Waals surface area contributed by atoms with Crippen LogP contribution in [0.1, 0.15) is 49.4 Å². The van der Waals surface area contributed by atoms with Crippen LogP contribution in [0, 0.1) is 12.8 Å². The predicted octanol–water partition coefficient (Wildman–Crippen LogP) is 3.71. The maximum Gasteiger partial charge on any atom is 0.419 e. The van der Waals surface area contributed by atoms with Gasteiger partial charge in [0.05, 0.1) is 47.8 Å². The molecule has 37 heavy (non-hydrogen) atoms. The molecule has 9 nitrogen and oxygen atoms in total. The second-order valence-electron chi connectivity index (χ2n) is 10.3. The number of nitrogens with zero attached hydrogens (tertiary/aromatic N) is 4. The molecule has 3 fully saturated rings. The average Bonchev–Trinajstić information content (AvgIpc) is 3.24. The number of nitrogens with one attached hydrogen (secondary N) is 3. The number of rotatable bonds is 9. The van der Waals surface area contributed by atoms with Gasteiger partial charge in [-0.05, 0) is 46.1 Å². The third-order valence-electron chi connectivity index (χ3n) is 7.81. The molecule has 3 saturated heterocycles. The molecule has 5 rings (SSSR count). The van der Waals surface area contributed by atoms with Crippen LogP contribution in [0.2, 0.25) is 0 Å². The lowest BCUT2D eigenvalue weighted by Gasteiger charge is -2.36. The van der Waals surface area contributed by atoms with Crippen molar-refractivity contribution in [3.05, 3.63) is 29.7 Å². The summed E-state index contributed by atoms with van der Waals surface area (Å²) in [6.45, 7) is 3.36. The molecule has 3 aliphatic rings. The first-order chi connectivity index (χ1) is 17.7. The van der Waals surface area contributed by atoms with Crippen molar-refractivity contribution in [3.63, 3.8) is 0 Å². The number of hydrogen-bond donors (Lipinski definition) is 3. The van der Waals surface area contributed by atoms with E-state index in [-0.39, 0.29) is 24.1 Å². The zero-order valence-corrected chi connectivity index (χ0v) is 21.1. The first kappa shape index (κ1) is 25.8. The summed E-state index contributed by atoms with van der Waals surface area (Å²) in [6, 6.07) is 2.85. The molecule has 2 bridgehead atoms. The Kier molecular flexibility index (Phi) is 7.30. The van der Waals surface area contributed by atoms with Crippen LogP contribution in [0.3, 0.4) is 0 Å². The summed E-state index contributed by atoms with van der Waals surface area (Å²) >= 11 is 0. The highest BCUT2D eigenvalue weighted by atomic mass is 19.4. The number of piperidine rings is 1. The SMILES string of the molecule is Cc1nn(C2CC3CCC(C2)N3C)cc1Nc1cc(NCCCNC(=O)C2COC2)c(C(F)(F)F)cn1. The van der Waals surface area contributed by atoms with Gasteiger partial charge in [0, 0.05) is 43.6 Å². The van der Waals surface area contributed by atoms with E-state index in [2.05, 4.69) is 32.9 Å². The van der Waals surface area contributed by atoms with Gasteiger partial charge < -0.3 is 25.6 Å². The van der Waals surface area contributed by atoms with E-state index in [1.807, 2.05) is 17.8 Å². The Labute approximate surface area is 214 Å². The van der Waals surface area contributed by atoms with Crippen molar-refractivity contribution in [2.45, 2.75) is 63.3 Å². The predicted molar refractivity (Wildman–Crippen MR) is 133 cm³/mol. The summed E-state index contributed by atoms with van der Waals surface area (Å²) < 4.78 is 47.8. The molecule has 0 aliphatic carbocycles. The Morgan fingerprint density at radius 1 is 1.14 bits per heavy atom. The highest BCUT2D eigenvalue weighted by Gasteiger charge is 2.39. The third kappa shape index (κ3) is 5.69. The smallest absolute Gasteiger partial charge is 0.384 e. The number of aromatic nitrogens is 3. The molecule has 3 N–H and O–H groups in total. The molecule has 0 spiro atoms. The Bertz CT molecular complexity index is 1100. The molecule has 0 aromatic carbocycles. The average molecular weight is 522 g/mol. The first-order valence-corrected chi connectivity index (χ1v) is 12.9. The zero-order valence-electron chi connectivity index (χ0n) is 21.1. The Hall–Kier alpha value is -2.86. The molecule has 0 radical (unpaired) electrons. The number of carbonyl (C=O) groups is 1. The van der Waals surface area contributed by atoms with E-state index >= 15 is 0 Å². The van der Waals surface area contributed by atoms with Crippen LogP contribution < -0.4 is 16.0 Å². The highest BCUT2D eigenvalue weighted by molar-refractivity contribution is 5.79. The van der Waals surface area contributed by atoms with Gasteiger partial charge in [0.1, 0.15) is 5.82 Å². The quantitative estimate of drug-likeness (QED) is 0.433.